The maximum atomic E-state index is 13.8. The van der Waals surface area contributed by atoms with E-state index in [4.69, 9.17) is 4.74 Å². The highest BCUT2D eigenvalue weighted by Gasteiger charge is 2.18. The van der Waals surface area contributed by atoms with Gasteiger partial charge < -0.3 is 10.1 Å². The van der Waals surface area contributed by atoms with Crippen molar-refractivity contribution in [3.63, 3.8) is 0 Å². The summed E-state index contributed by atoms with van der Waals surface area (Å²) in [5, 5.41) is 2.88. The van der Waals surface area contributed by atoms with Crippen LogP contribution in [-0.4, -0.2) is 35.2 Å². The molecule has 7 heteroatoms. The van der Waals surface area contributed by atoms with Crippen molar-refractivity contribution in [1.82, 2.24) is 10.0 Å². The number of hydrogen-bond acceptors (Lipinski definition) is 4. The molecule has 0 aromatic heterocycles. The van der Waals surface area contributed by atoms with Crippen LogP contribution in [0.25, 0.3) is 0 Å². The van der Waals surface area contributed by atoms with Crippen LogP contribution >= 0.6 is 0 Å². The molecule has 0 spiro atoms. The number of nitrogens with one attached hydrogen (secondary N) is 2. The normalized spacial score (nSPS) is 11.8. The maximum absolute atomic E-state index is 13.8. The summed E-state index contributed by atoms with van der Waals surface area (Å²) in [5.74, 6) is -0.741. The Hall–Kier alpha value is -1.02. The summed E-state index contributed by atoms with van der Waals surface area (Å²) in [6.45, 7) is 3.64. The number of halogens is 1. The van der Waals surface area contributed by atoms with Crippen molar-refractivity contribution < 1.29 is 17.5 Å². The highest BCUT2D eigenvalue weighted by Crippen LogP contribution is 2.16. The topological polar surface area (TPSA) is 67.4 Å². The van der Waals surface area contributed by atoms with E-state index in [2.05, 4.69) is 10.0 Å². The smallest absolute Gasteiger partial charge is 0.243 e. The molecule has 20 heavy (non-hydrogen) atoms. The minimum absolute atomic E-state index is 0.222. The van der Waals surface area contributed by atoms with Crippen LogP contribution in [0.2, 0.25) is 0 Å². The van der Waals surface area contributed by atoms with E-state index in [0.29, 0.717) is 31.7 Å². The molecule has 1 aromatic rings. The number of rotatable bonds is 9. The fraction of sp³-hybridized carbons (Fsp3) is 0.538. The summed E-state index contributed by atoms with van der Waals surface area (Å²) in [5.41, 5.74) is 0.695. The van der Waals surface area contributed by atoms with Crippen LogP contribution in [0.15, 0.2) is 23.1 Å². The van der Waals surface area contributed by atoms with Gasteiger partial charge in [0.05, 0.1) is 0 Å². The predicted molar refractivity (Wildman–Crippen MR) is 75.5 cm³/mol. The minimum atomic E-state index is -3.81. The summed E-state index contributed by atoms with van der Waals surface area (Å²) >= 11 is 0. The molecule has 0 atom stereocenters. The van der Waals surface area contributed by atoms with Gasteiger partial charge >= 0.3 is 0 Å². The van der Waals surface area contributed by atoms with E-state index in [0.717, 1.165) is 0 Å². The standard InChI is InChI=1S/C13H21FN2O3S/c1-3-19-8-4-7-16-20(17,18)13-6-5-11(10-15-2)9-12(13)14/h5-6,9,15-16H,3-4,7-8,10H2,1-2H3. The van der Waals surface area contributed by atoms with Gasteiger partial charge in [-0.15, -0.1) is 0 Å². The fourth-order valence-electron chi connectivity index (χ4n) is 1.68. The third kappa shape index (κ3) is 5.16. The molecule has 2 N–H and O–H groups in total. The molecule has 0 amide bonds. The van der Waals surface area contributed by atoms with Crippen molar-refractivity contribution in [2.24, 2.45) is 0 Å². The molecule has 5 nitrogen and oxygen atoms in total. The fourth-order valence-corrected chi connectivity index (χ4v) is 2.81. The van der Waals surface area contributed by atoms with Gasteiger partial charge in [-0.2, -0.15) is 0 Å². The van der Waals surface area contributed by atoms with Crippen LogP contribution in [0, 0.1) is 5.82 Å². The summed E-state index contributed by atoms with van der Waals surface area (Å²) in [6.07, 6.45) is 0.548. The van der Waals surface area contributed by atoms with Gasteiger partial charge in [0.2, 0.25) is 10.0 Å². The second-order valence-corrected chi connectivity index (χ2v) is 5.98. The van der Waals surface area contributed by atoms with Crippen LogP contribution in [-0.2, 0) is 21.3 Å². The van der Waals surface area contributed by atoms with E-state index in [-0.39, 0.29) is 11.4 Å². The van der Waals surface area contributed by atoms with Gasteiger partial charge in [0.25, 0.3) is 0 Å². The third-order valence-electron chi connectivity index (χ3n) is 2.63. The average molecular weight is 304 g/mol. The van der Waals surface area contributed by atoms with Crippen LogP contribution < -0.4 is 10.0 Å². The van der Waals surface area contributed by atoms with Gasteiger partial charge in [0.15, 0.2) is 0 Å². The third-order valence-corrected chi connectivity index (χ3v) is 4.12. The lowest BCUT2D eigenvalue weighted by molar-refractivity contribution is 0.146. The van der Waals surface area contributed by atoms with E-state index in [1.165, 1.54) is 12.1 Å². The summed E-state index contributed by atoms with van der Waals surface area (Å²) in [6, 6.07) is 4.10. The van der Waals surface area contributed by atoms with Crippen LogP contribution in [0.1, 0.15) is 18.9 Å². The lowest BCUT2D eigenvalue weighted by atomic mass is 10.2. The first-order valence-corrected chi connectivity index (χ1v) is 8.00. The summed E-state index contributed by atoms with van der Waals surface area (Å²) < 4.78 is 45.2. The van der Waals surface area contributed by atoms with Crippen molar-refractivity contribution >= 4 is 10.0 Å². The lowest BCUT2D eigenvalue weighted by Crippen LogP contribution is -2.26. The molecular formula is C13H21FN2O3S. The minimum Gasteiger partial charge on any atom is -0.382 e. The van der Waals surface area contributed by atoms with Gasteiger partial charge in [-0.3, -0.25) is 0 Å². The van der Waals surface area contributed by atoms with E-state index < -0.39 is 15.8 Å². The van der Waals surface area contributed by atoms with Gasteiger partial charge in [-0.25, -0.2) is 17.5 Å². The van der Waals surface area contributed by atoms with Crippen molar-refractivity contribution in [3.8, 4) is 0 Å². The zero-order valence-corrected chi connectivity index (χ0v) is 12.6. The van der Waals surface area contributed by atoms with E-state index >= 15 is 0 Å². The highest BCUT2D eigenvalue weighted by atomic mass is 32.2. The first-order chi connectivity index (χ1) is 9.51. The largest absolute Gasteiger partial charge is 0.382 e. The van der Waals surface area contributed by atoms with Gasteiger partial charge in [-0.05, 0) is 38.1 Å². The molecule has 0 unspecified atom stereocenters. The second-order valence-electron chi connectivity index (χ2n) is 4.24. The molecule has 1 aromatic carbocycles. The number of hydrogen-bond donors (Lipinski definition) is 2. The van der Waals surface area contributed by atoms with Crippen LogP contribution in [0.4, 0.5) is 4.39 Å². The van der Waals surface area contributed by atoms with Crippen molar-refractivity contribution in [3.05, 3.63) is 29.6 Å². The molecule has 0 radical (unpaired) electrons. The Labute approximate surface area is 119 Å². The van der Waals surface area contributed by atoms with Crippen LogP contribution in [0.5, 0.6) is 0 Å². The predicted octanol–water partition coefficient (Wildman–Crippen LogP) is 1.25. The molecular weight excluding hydrogens is 283 g/mol. The maximum Gasteiger partial charge on any atom is 0.243 e. The number of benzene rings is 1. The first-order valence-electron chi connectivity index (χ1n) is 6.51. The zero-order valence-electron chi connectivity index (χ0n) is 11.8. The molecule has 0 bridgehead atoms. The Kier molecular flexibility index (Phi) is 7.08. The molecule has 0 aliphatic heterocycles. The Morgan fingerprint density at radius 1 is 1.35 bits per heavy atom. The lowest BCUT2D eigenvalue weighted by Gasteiger charge is -2.09. The first kappa shape index (κ1) is 17.0. The van der Waals surface area contributed by atoms with Gasteiger partial charge in [0, 0.05) is 26.3 Å². The molecule has 0 heterocycles. The van der Waals surface area contributed by atoms with E-state index in [9.17, 15) is 12.8 Å². The second kappa shape index (κ2) is 8.31. The Morgan fingerprint density at radius 2 is 2.10 bits per heavy atom. The molecule has 1 rings (SSSR count). The quantitative estimate of drug-likeness (QED) is 0.674. The van der Waals surface area contributed by atoms with E-state index in [1.54, 1.807) is 13.1 Å². The Balaban J connectivity index is 2.67. The molecule has 114 valence electrons. The molecule has 0 fully saturated rings. The molecule has 0 aliphatic carbocycles. The Bertz CT molecular complexity index is 520. The van der Waals surface area contributed by atoms with E-state index in [1.807, 2.05) is 6.92 Å². The van der Waals surface area contributed by atoms with Gasteiger partial charge in [-0.1, -0.05) is 6.07 Å². The zero-order chi connectivity index (χ0) is 15.0. The number of sulfonamides is 1. The van der Waals surface area contributed by atoms with Crippen LogP contribution in [0.3, 0.4) is 0 Å². The van der Waals surface area contributed by atoms with Crippen molar-refractivity contribution in [1.29, 1.82) is 0 Å². The number of ether oxygens (including phenoxy) is 1. The summed E-state index contributed by atoms with van der Waals surface area (Å²) in [4.78, 5) is -0.325. The highest BCUT2D eigenvalue weighted by molar-refractivity contribution is 7.89. The molecule has 0 aliphatic rings. The SMILES string of the molecule is CCOCCCNS(=O)(=O)c1ccc(CNC)cc1F. The summed E-state index contributed by atoms with van der Waals surface area (Å²) in [7, 11) is -2.07. The Morgan fingerprint density at radius 3 is 2.70 bits per heavy atom. The monoisotopic (exact) mass is 304 g/mol. The molecule has 0 saturated heterocycles. The average Bonchev–Trinajstić information content (AvgIpc) is 2.38. The van der Waals surface area contributed by atoms with Crippen molar-refractivity contribution in [2.45, 2.75) is 24.8 Å². The van der Waals surface area contributed by atoms with Crippen molar-refractivity contribution in [2.75, 3.05) is 26.8 Å². The van der Waals surface area contributed by atoms with Gasteiger partial charge in [0.1, 0.15) is 10.7 Å². The molecule has 0 saturated carbocycles.